The van der Waals surface area contributed by atoms with Crippen molar-refractivity contribution in [2.75, 3.05) is 0 Å². The molecule has 0 unspecified atom stereocenters. The zero-order chi connectivity index (χ0) is 18.3. The van der Waals surface area contributed by atoms with Crippen LogP contribution >= 0.6 is 34.5 Å². The molecule has 3 aromatic heterocycles. The molecule has 0 amide bonds. The molecule has 132 valence electrons. The fraction of sp³-hybridized carbons (Fsp3) is 0.0588. The van der Waals surface area contributed by atoms with Crippen LogP contribution in [0.3, 0.4) is 0 Å². The zero-order valence-electron chi connectivity index (χ0n) is 13.1. The maximum atomic E-state index is 13.1. The van der Waals surface area contributed by atoms with Gasteiger partial charge >= 0.3 is 0 Å². The number of pyridine rings is 1. The zero-order valence-corrected chi connectivity index (χ0v) is 16.3. The average Bonchev–Trinajstić information content (AvgIpc) is 3.20. The summed E-state index contributed by atoms with van der Waals surface area (Å²) in [5, 5.41) is 1.52. The van der Waals surface area contributed by atoms with Crippen molar-refractivity contribution in [2.45, 2.75) is 11.3 Å². The molecule has 4 aromatic rings. The first-order chi connectivity index (χ1) is 12.5. The third kappa shape index (κ3) is 3.01. The molecule has 1 aromatic carbocycles. The van der Waals surface area contributed by atoms with E-state index < -0.39 is 10.0 Å². The lowest BCUT2D eigenvalue weighted by Crippen LogP contribution is -2.12. The molecule has 0 N–H and O–H groups in total. The van der Waals surface area contributed by atoms with Crippen LogP contribution in [0.4, 0.5) is 0 Å². The molecule has 3 heterocycles. The molecule has 9 heteroatoms. The topological polar surface area (TPSA) is 64.8 Å². The summed E-state index contributed by atoms with van der Waals surface area (Å²) in [6.45, 7) is 0. The summed E-state index contributed by atoms with van der Waals surface area (Å²) >= 11 is 13.6. The van der Waals surface area contributed by atoms with Gasteiger partial charge in [-0.3, -0.25) is 0 Å². The maximum Gasteiger partial charge on any atom is 0.269 e. The standard InChI is InChI=1S/C17H11Cl2N3O2S2/c18-12-7-14-11(6-15-16(19)21-10-25-15)9-22(17(14)20-8-12)26(23,24)13-4-2-1-3-5-13/h1-5,7-10H,6H2. The van der Waals surface area contributed by atoms with Crippen LogP contribution in [0.2, 0.25) is 10.2 Å². The summed E-state index contributed by atoms with van der Waals surface area (Å²) in [4.78, 5) is 9.32. The molecule has 4 rings (SSSR count). The molecule has 0 atom stereocenters. The third-order valence-electron chi connectivity index (χ3n) is 3.90. The van der Waals surface area contributed by atoms with Gasteiger partial charge in [0.15, 0.2) is 5.65 Å². The number of benzene rings is 1. The number of halogens is 2. The van der Waals surface area contributed by atoms with E-state index in [-0.39, 0.29) is 4.90 Å². The molecule has 26 heavy (non-hydrogen) atoms. The summed E-state index contributed by atoms with van der Waals surface area (Å²) in [6, 6.07) is 9.95. The van der Waals surface area contributed by atoms with E-state index in [1.165, 1.54) is 21.5 Å². The molecule has 0 saturated carbocycles. The number of rotatable bonds is 4. The first kappa shape index (κ1) is 17.5. The first-order valence-electron chi connectivity index (χ1n) is 7.51. The minimum atomic E-state index is -3.78. The van der Waals surface area contributed by atoms with E-state index in [1.54, 1.807) is 48.1 Å². The predicted octanol–water partition coefficient (Wildman–Crippen LogP) is 4.63. The average molecular weight is 424 g/mol. The van der Waals surface area contributed by atoms with Crippen molar-refractivity contribution < 1.29 is 8.42 Å². The maximum absolute atomic E-state index is 13.1. The molecule has 0 aliphatic carbocycles. The number of hydrogen-bond acceptors (Lipinski definition) is 5. The van der Waals surface area contributed by atoms with E-state index in [0.717, 1.165) is 10.4 Å². The number of nitrogens with zero attached hydrogens (tertiary/aromatic N) is 3. The van der Waals surface area contributed by atoms with E-state index in [4.69, 9.17) is 23.2 Å². The second-order valence-electron chi connectivity index (χ2n) is 5.54. The molecular weight excluding hydrogens is 413 g/mol. The molecule has 0 spiro atoms. The Balaban J connectivity index is 1.93. The van der Waals surface area contributed by atoms with Gasteiger partial charge in [-0.1, -0.05) is 41.4 Å². The minimum absolute atomic E-state index is 0.191. The second kappa shape index (κ2) is 6.66. The van der Waals surface area contributed by atoms with Crippen LogP contribution in [-0.4, -0.2) is 22.4 Å². The third-order valence-corrected chi connectivity index (χ3v) is 7.04. The van der Waals surface area contributed by atoms with Crippen LogP contribution in [0.15, 0.2) is 59.2 Å². The van der Waals surface area contributed by atoms with Gasteiger partial charge in [-0.2, -0.15) is 0 Å². The highest BCUT2D eigenvalue weighted by atomic mass is 35.5. The Hall–Kier alpha value is -1.93. The van der Waals surface area contributed by atoms with Crippen molar-refractivity contribution in [3.05, 3.63) is 74.9 Å². The second-order valence-corrected chi connectivity index (χ2v) is 9.08. The van der Waals surface area contributed by atoms with Gasteiger partial charge in [0, 0.05) is 29.1 Å². The van der Waals surface area contributed by atoms with Gasteiger partial charge in [-0.15, -0.1) is 11.3 Å². The van der Waals surface area contributed by atoms with Crippen LogP contribution in [0.25, 0.3) is 11.0 Å². The van der Waals surface area contributed by atoms with Crippen molar-refractivity contribution in [3.8, 4) is 0 Å². The SMILES string of the molecule is O=S(=O)(c1ccccc1)n1cc(Cc2scnc2Cl)c2cc(Cl)cnc21. The Labute approximate surface area is 163 Å². The van der Waals surface area contributed by atoms with Crippen molar-refractivity contribution >= 4 is 55.6 Å². The van der Waals surface area contributed by atoms with Crippen molar-refractivity contribution in [2.24, 2.45) is 0 Å². The Morgan fingerprint density at radius 2 is 1.88 bits per heavy atom. The molecule has 0 saturated heterocycles. The highest BCUT2D eigenvalue weighted by Gasteiger charge is 2.23. The van der Waals surface area contributed by atoms with Crippen molar-refractivity contribution in [3.63, 3.8) is 0 Å². The van der Waals surface area contributed by atoms with Crippen LogP contribution < -0.4 is 0 Å². The lowest BCUT2D eigenvalue weighted by molar-refractivity contribution is 0.588. The van der Waals surface area contributed by atoms with Crippen LogP contribution in [0, 0.1) is 0 Å². The van der Waals surface area contributed by atoms with Gasteiger partial charge in [0.2, 0.25) is 0 Å². The van der Waals surface area contributed by atoms with E-state index >= 15 is 0 Å². The normalized spacial score (nSPS) is 11.9. The summed E-state index contributed by atoms with van der Waals surface area (Å²) in [5.74, 6) is 0. The van der Waals surface area contributed by atoms with E-state index in [1.807, 2.05) is 0 Å². The fourth-order valence-electron chi connectivity index (χ4n) is 2.69. The summed E-state index contributed by atoms with van der Waals surface area (Å²) in [6.07, 6.45) is 3.45. The van der Waals surface area contributed by atoms with Gasteiger partial charge in [-0.05, 0) is 23.8 Å². The molecule has 0 bridgehead atoms. The van der Waals surface area contributed by atoms with Crippen LogP contribution in [0.5, 0.6) is 0 Å². The van der Waals surface area contributed by atoms with Crippen LogP contribution in [0.1, 0.15) is 10.4 Å². The van der Waals surface area contributed by atoms with E-state index in [9.17, 15) is 8.42 Å². The lowest BCUT2D eigenvalue weighted by atomic mass is 10.1. The number of hydrogen-bond donors (Lipinski definition) is 0. The number of thiazole rings is 1. The van der Waals surface area contributed by atoms with Gasteiger partial charge in [0.1, 0.15) is 5.15 Å². The smallest absolute Gasteiger partial charge is 0.236 e. The highest BCUT2D eigenvalue weighted by Crippen LogP contribution is 2.30. The summed E-state index contributed by atoms with van der Waals surface area (Å²) < 4.78 is 27.3. The van der Waals surface area contributed by atoms with Gasteiger partial charge in [0.25, 0.3) is 10.0 Å². The lowest BCUT2D eigenvalue weighted by Gasteiger charge is -2.06. The van der Waals surface area contributed by atoms with Crippen LogP contribution in [-0.2, 0) is 16.4 Å². The molecule has 0 aliphatic rings. The minimum Gasteiger partial charge on any atom is -0.236 e. The Morgan fingerprint density at radius 1 is 1.12 bits per heavy atom. The summed E-state index contributed by atoms with van der Waals surface area (Å²) in [5.41, 5.74) is 2.75. The van der Waals surface area contributed by atoms with E-state index in [0.29, 0.717) is 27.6 Å². The predicted molar refractivity (Wildman–Crippen MR) is 104 cm³/mol. The van der Waals surface area contributed by atoms with Gasteiger partial charge in [-0.25, -0.2) is 22.4 Å². The first-order valence-corrected chi connectivity index (χ1v) is 10.6. The molecule has 0 fully saturated rings. The molecule has 0 aliphatic heterocycles. The number of fused-ring (bicyclic) bond motifs is 1. The van der Waals surface area contributed by atoms with Crippen molar-refractivity contribution in [1.82, 2.24) is 13.9 Å². The van der Waals surface area contributed by atoms with E-state index in [2.05, 4.69) is 9.97 Å². The monoisotopic (exact) mass is 423 g/mol. The van der Waals surface area contributed by atoms with Gasteiger partial charge < -0.3 is 0 Å². The number of aromatic nitrogens is 3. The molecule has 5 nitrogen and oxygen atoms in total. The highest BCUT2D eigenvalue weighted by molar-refractivity contribution is 7.90. The Morgan fingerprint density at radius 3 is 2.58 bits per heavy atom. The largest absolute Gasteiger partial charge is 0.269 e. The molecular formula is C17H11Cl2N3O2S2. The fourth-order valence-corrected chi connectivity index (χ4v) is 5.20. The molecule has 0 radical (unpaired) electrons. The van der Waals surface area contributed by atoms with Gasteiger partial charge in [0.05, 0.1) is 15.4 Å². The quantitative estimate of drug-likeness (QED) is 0.479. The Bertz CT molecular complexity index is 1200. The van der Waals surface area contributed by atoms with Crippen molar-refractivity contribution in [1.29, 1.82) is 0 Å². The summed E-state index contributed by atoms with van der Waals surface area (Å²) in [7, 11) is -3.78. The Kier molecular flexibility index (Phi) is 4.48.